The highest BCUT2D eigenvalue weighted by Crippen LogP contribution is 2.23. The molecule has 0 bridgehead atoms. The molecule has 1 unspecified atom stereocenters. The third-order valence-electron chi connectivity index (χ3n) is 2.34. The van der Waals surface area contributed by atoms with Crippen molar-refractivity contribution in [2.45, 2.75) is 33.3 Å². The average molecular weight is 184 g/mol. The van der Waals surface area contributed by atoms with Gasteiger partial charge in [-0.1, -0.05) is 32.9 Å². The Hall–Kier alpha value is -0.600. The van der Waals surface area contributed by atoms with Gasteiger partial charge in [0, 0.05) is 5.41 Å². The third-order valence-corrected chi connectivity index (χ3v) is 2.34. The molecule has 2 N–H and O–H groups in total. The molecule has 0 aromatic carbocycles. The van der Waals surface area contributed by atoms with Crippen molar-refractivity contribution in [1.82, 2.24) is 0 Å². The zero-order valence-corrected chi connectivity index (χ0v) is 8.75. The minimum atomic E-state index is -0.577. The molecule has 0 amide bonds. The van der Waals surface area contributed by atoms with Crippen LogP contribution in [0.25, 0.3) is 0 Å². The van der Waals surface area contributed by atoms with Gasteiger partial charge in [-0.2, -0.15) is 0 Å². The van der Waals surface area contributed by atoms with Crippen molar-refractivity contribution in [1.29, 1.82) is 0 Å². The standard InChI is InChI=1S/C11H20O2/c1-5-9(8-12)7-10(13)11(3,4)6-2/h6-7,10,12-13H,2,5,8H2,1,3-4H3. The van der Waals surface area contributed by atoms with Crippen LogP contribution in [-0.2, 0) is 0 Å². The van der Waals surface area contributed by atoms with Crippen LogP contribution in [0.15, 0.2) is 24.3 Å². The Morgan fingerprint density at radius 3 is 2.38 bits per heavy atom. The smallest absolute Gasteiger partial charge is 0.0809 e. The first kappa shape index (κ1) is 12.4. The Labute approximate surface area is 80.6 Å². The molecule has 0 aromatic heterocycles. The third kappa shape index (κ3) is 3.75. The Morgan fingerprint density at radius 2 is 2.08 bits per heavy atom. The first-order chi connectivity index (χ1) is 5.97. The van der Waals surface area contributed by atoms with Gasteiger partial charge in [0.1, 0.15) is 0 Å². The summed E-state index contributed by atoms with van der Waals surface area (Å²) in [6.07, 6.45) is 3.62. The van der Waals surface area contributed by atoms with E-state index in [0.717, 1.165) is 12.0 Å². The van der Waals surface area contributed by atoms with Gasteiger partial charge in [-0.15, -0.1) is 6.58 Å². The fourth-order valence-electron chi connectivity index (χ4n) is 0.841. The summed E-state index contributed by atoms with van der Waals surface area (Å²) < 4.78 is 0. The van der Waals surface area contributed by atoms with Crippen molar-refractivity contribution in [3.63, 3.8) is 0 Å². The molecule has 0 saturated heterocycles. The minimum absolute atomic E-state index is 0.0147. The molecular formula is C11H20O2. The first-order valence-corrected chi connectivity index (χ1v) is 4.60. The van der Waals surface area contributed by atoms with Gasteiger partial charge in [-0.3, -0.25) is 0 Å². The molecule has 2 heteroatoms. The molecule has 76 valence electrons. The quantitative estimate of drug-likeness (QED) is 0.640. The topological polar surface area (TPSA) is 40.5 Å². The number of hydrogen-bond donors (Lipinski definition) is 2. The lowest BCUT2D eigenvalue weighted by Crippen LogP contribution is -2.25. The van der Waals surface area contributed by atoms with E-state index in [9.17, 15) is 5.11 Å². The second kappa shape index (κ2) is 5.20. The summed E-state index contributed by atoms with van der Waals surface area (Å²) in [7, 11) is 0. The van der Waals surface area contributed by atoms with Crippen molar-refractivity contribution in [2.75, 3.05) is 6.61 Å². The van der Waals surface area contributed by atoms with E-state index in [1.54, 1.807) is 12.2 Å². The van der Waals surface area contributed by atoms with Gasteiger partial charge < -0.3 is 10.2 Å². The van der Waals surface area contributed by atoms with Gasteiger partial charge >= 0.3 is 0 Å². The van der Waals surface area contributed by atoms with E-state index in [4.69, 9.17) is 5.11 Å². The lowest BCUT2D eigenvalue weighted by atomic mass is 9.85. The van der Waals surface area contributed by atoms with Crippen LogP contribution in [0.3, 0.4) is 0 Å². The van der Waals surface area contributed by atoms with Crippen LogP contribution in [0.4, 0.5) is 0 Å². The maximum Gasteiger partial charge on any atom is 0.0809 e. The normalized spacial score (nSPS) is 15.6. The van der Waals surface area contributed by atoms with E-state index < -0.39 is 6.10 Å². The van der Waals surface area contributed by atoms with Gasteiger partial charge in [0.2, 0.25) is 0 Å². The van der Waals surface area contributed by atoms with Gasteiger partial charge in [0.15, 0.2) is 0 Å². The molecule has 13 heavy (non-hydrogen) atoms. The van der Waals surface area contributed by atoms with E-state index in [2.05, 4.69) is 6.58 Å². The summed E-state index contributed by atoms with van der Waals surface area (Å²) in [6, 6.07) is 0. The number of aliphatic hydroxyl groups excluding tert-OH is 2. The van der Waals surface area contributed by atoms with Gasteiger partial charge in [0.25, 0.3) is 0 Å². The van der Waals surface area contributed by atoms with Gasteiger partial charge in [-0.05, 0) is 12.0 Å². The molecule has 2 nitrogen and oxygen atoms in total. The molecule has 0 aliphatic rings. The molecule has 0 aliphatic heterocycles. The summed E-state index contributed by atoms with van der Waals surface area (Å²) in [5.41, 5.74) is 0.526. The lowest BCUT2D eigenvalue weighted by Gasteiger charge is -2.24. The van der Waals surface area contributed by atoms with Crippen molar-refractivity contribution >= 4 is 0 Å². The Morgan fingerprint density at radius 1 is 1.54 bits per heavy atom. The van der Waals surface area contributed by atoms with Crippen molar-refractivity contribution < 1.29 is 10.2 Å². The molecule has 0 radical (unpaired) electrons. The molecule has 0 aromatic rings. The summed E-state index contributed by atoms with van der Waals surface area (Å²) >= 11 is 0. The highest BCUT2D eigenvalue weighted by molar-refractivity contribution is 5.10. The first-order valence-electron chi connectivity index (χ1n) is 4.60. The molecule has 0 spiro atoms. The fourth-order valence-corrected chi connectivity index (χ4v) is 0.841. The van der Waals surface area contributed by atoms with Crippen molar-refractivity contribution in [3.05, 3.63) is 24.3 Å². The summed E-state index contributed by atoms with van der Waals surface area (Å²) in [4.78, 5) is 0. The van der Waals surface area contributed by atoms with E-state index in [-0.39, 0.29) is 12.0 Å². The van der Waals surface area contributed by atoms with E-state index in [1.165, 1.54) is 0 Å². The van der Waals surface area contributed by atoms with Crippen LogP contribution >= 0.6 is 0 Å². The highest BCUT2D eigenvalue weighted by atomic mass is 16.3. The number of rotatable bonds is 5. The molecule has 0 aliphatic carbocycles. The largest absolute Gasteiger partial charge is 0.392 e. The minimum Gasteiger partial charge on any atom is -0.392 e. The second-order valence-corrected chi connectivity index (χ2v) is 3.81. The molecule has 0 heterocycles. The Kier molecular flexibility index (Phi) is 4.96. The Balaban J connectivity index is 4.51. The van der Waals surface area contributed by atoms with Crippen molar-refractivity contribution in [3.8, 4) is 0 Å². The van der Waals surface area contributed by atoms with E-state index >= 15 is 0 Å². The molecule has 0 fully saturated rings. The van der Waals surface area contributed by atoms with Crippen LogP contribution in [-0.4, -0.2) is 22.9 Å². The molecule has 0 rings (SSSR count). The SMILES string of the molecule is C=CC(C)(C)C(O)C=C(CC)CO. The number of hydrogen-bond acceptors (Lipinski definition) is 2. The second-order valence-electron chi connectivity index (χ2n) is 3.81. The van der Waals surface area contributed by atoms with Gasteiger partial charge in [-0.25, -0.2) is 0 Å². The highest BCUT2D eigenvalue weighted by Gasteiger charge is 2.22. The maximum absolute atomic E-state index is 9.75. The average Bonchev–Trinajstić information content (AvgIpc) is 2.13. The summed E-state index contributed by atoms with van der Waals surface area (Å²) in [5.74, 6) is 0. The monoisotopic (exact) mass is 184 g/mol. The maximum atomic E-state index is 9.75. The summed E-state index contributed by atoms with van der Waals surface area (Å²) in [6.45, 7) is 9.45. The van der Waals surface area contributed by atoms with Crippen LogP contribution in [0.2, 0.25) is 0 Å². The van der Waals surface area contributed by atoms with Crippen molar-refractivity contribution in [2.24, 2.45) is 5.41 Å². The zero-order valence-electron chi connectivity index (χ0n) is 8.75. The van der Waals surface area contributed by atoms with E-state index in [1.807, 2.05) is 20.8 Å². The van der Waals surface area contributed by atoms with Crippen LogP contribution in [0.1, 0.15) is 27.2 Å². The fraction of sp³-hybridized carbons (Fsp3) is 0.636. The Bertz CT molecular complexity index is 186. The van der Waals surface area contributed by atoms with Gasteiger partial charge in [0.05, 0.1) is 12.7 Å². The predicted molar refractivity (Wildman–Crippen MR) is 55.4 cm³/mol. The van der Waals surface area contributed by atoms with Crippen LogP contribution in [0, 0.1) is 5.41 Å². The molecule has 0 saturated carbocycles. The zero-order chi connectivity index (χ0) is 10.5. The predicted octanol–water partition coefficient (Wildman–Crippen LogP) is 1.89. The number of aliphatic hydroxyl groups is 2. The summed E-state index contributed by atoms with van der Waals surface area (Å²) in [5, 5.41) is 18.7. The lowest BCUT2D eigenvalue weighted by molar-refractivity contribution is 0.124. The molecule has 1 atom stereocenters. The van der Waals surface area contributed by atoms with Crippen LogP contribution in [0.5, 0.6) is 0 Å². The molecular weight excluding hydrogens is 164 g/mol. The van der Waals surface area contributed by atoms with E-state index in [0.29, 0.717) is 0 Å². The van der Waals surface area contributed by atoms with Crippen LogP contribution < -0.4 is 0 Å².